The number of likely N-dealkylation sites (tertiary alicyclic amines) is 1. The molecule has 86 valence electrons. The lowest BCUT2D eigenvalue weighted by atomic mass is 10.2. The van der Waals surface area contributed by atoms with Crippen molar-refractivity contribution < 1.29 is 4.79 Å². The summed E-state index contributed by atoms with van der Waals surface area (Å²) in [7, 11) is 0. The van der Waals surface area contributed by atoms with Crippen LogP contribution < -0.4 is 5.73 Å². The van der Waals surface area contributed by atoms with Crippen molar-refractivity contribution in [3.05, 3.63) is 21.9 Å². The maximum atomic E-state index is 12.2. The molecule has 3 nitrogen and oxygen atoms in total. The average Bonchev–Trinajstić information content (AvgIpc) is 2.84. The smallest absolute Gasteiger partial charge is 0.264 e. The van der Waals surface area contributed by atoms with Gasteiger partial charge >= 0.3 is 0 Å². The van der Waals surface area contributed by atoms with E-state index in [1.165, 1.54) is 11.3 Å². The van der Waals surface area contributed by atoms with Crippen molar-refractivity contribution in [2.75, 3.05) is 6.54 Å². The van der Waals surface area contributed by atoms with Crippen LogP contribution in [0, 0.1) is 6.92 Å². The molecule has 2 rings (SSSR count). The number of amides is 1. The van der Waals surface area contributed by atoms with Gasteiger partial charge in [0.05, 0.1) is 15.9 Å². The van der Waals surface area contributed by atoms with E-state index in [0.29, 0.717) is 4.99 Å². The van der Waals surface area contributed by atoms with Crippen LogP contribution in [-0.4, -0.2) is 28.4 Å². The van der Waals surface area contributed by atoms with E-state index in [-0.39, 0.29) is 11.9 Å². The van der Waals surface area contributed by atoms with Gasteiger partial charge in [-0.3, -0.25) is 4.79 Å². The summed E-state index contributed by atoms with van der Waals surface area (Å²) < 4.78 is 0. The molecule has 1 aromatic rings. The first-order chi connectivity index (χ1) is 7.59. The fraction of sp³-hybridized carbons (Fsp3) is 0.455. The number of thiocarbonyl (C=S) groups is 1. The van der Waals surface area contributed by atoms with E-state index < -0.39 is 0 Å². The number of carbonyl (C=O) groups is 1. The first-order valence-electron chi connectivity index (χ1n) is 5.26. The molecule has 0 saturated carbocycles. The zero-order valence-corrected chi connectivity index (χ0v) is 10.7. The summed E-state index contributed by atoms with van der Waals surface area (Å²) in [6.45, 7) is 2.76. The Bertz CT molecular complexity index is 427. The number of thiophene rings is 1. The minimum Gasteiger partial charge on any atom is -0.392 e. The van der Waals surface area contributed by atoms with Crippen LogP contribution in [0.5, 0.6) is 0 Å². The molecule has 1 saturated heterocycles. The lowest BCUT2D eigenvalue weighted by Gasteiger charge is -2.22. The molecule has 5 heteroatoms. The molecule has 1 aliphatic heterocycles. The van der Waals surface area contributed by atoms with Gasteiger partial charge in [0.2, 0.25) is 0 Å². The Balaban J connectivity index is 2.18. The minimum atomic E-state index is -0.0510. The third kappa shape index (κ3) is 2.10. The second-order valence-electron chi connectivity index (χ2n) is 3.97. The van der Waals surface area contributed by atoms with Gasteiger partial charge in [0.15, 0.2) is 0 Å². The number of nitrogens with two attached hydrogens (primary N) is 1. The van der Waals surface area contributed by atoms with E-state index in [4.69, 9.17) is 18.0 Å². The van der Waals surface area contributed by atoms with E-state index in [0.717, 1.165) is 29.1 Å². The molecule has 0 aromatic carbocycles. The molecule has 16 heavy (non-hydrogen) atoms. The Labute approximate surface area is 104 Å². The van der Waals surface area contributed by atoms with Crippen molar-refractivity contribution in [3.8, 4) is 0 Å². The van der Waals surface area contributed by atoms with Crippen LogP contribution in [0.1, 0.15) is 27.4 Å². The molecule has 1 aliphatic rings. The Hall–Kier alpha value is -0.940. The molecule has 0 spiro atoms. The average molecular weight is 254 g/mol. The number of hydrogen-bond donors (Lipinski definition) is 1. The van der Waals surface area contributed by atoms with Crippen molar-refractivity contribution in [3.63, 3.8) is 0 Å². The normalized spacial score (nSPS) is 20.1. The van der Waals surface area contributed by atoms with Crippen LogP contribution in [0.3, 0.4) is 0 Å². The Morgan fingerprint density at radius 3 is 2.94 bits per heavy atom. The van der Waals surface area contributed by atoms with Crippen LogP contribution in [0.15, 0.2) is 12.1 Å². The molecule has 1 atom stereocenters. The number of rotatable bonds is 2. The Morgan fingerprint density at radius 1 is 1.62 bits per heavy atom. The van der Waals surface area contributed by atoms with E-state index in [2.05, 4.69) is 0 Å². The molecule has 0 bridgehead atoms. The number of nitrogens with zero attached hydrogens (tertiary/aromatic N) is 1. The Kier molecular flexibility index (Phi) is 3.25. The summed E-state index contributed by atoms with van der Waals surface area (Å²) in [5.41, 5.74) is 5.65. The van der Waals surface area contributed by atoms with E-state index in [1.54, 1.807) is 4.90 Å². The summed E-state index contributed by atoms with van der Waals surface area (Å²) in [5.74, 6) is 0.0633. The first kappa shape index (κ1) is 11.5. The third-order valence-electron chi connectivity index (χ3n) is 2.79. The summed E-state index contributed by atoms with van der Waals surface area (Å²) in [5, 5.41) is 0. The van der Waals surface area contributed by atoms with E-state index in [9.17, 15) is 4.79 Å². The number of hydrogen-bond acceptors (Lipinski definition) is 3. The van der Waals surface area contributed by atoms with Gasteiger partial charge in [0.1, 0.15) is 0 Å². The maximum absolute atomic E-state index is 12.2. The fourth-order valence-corrected chi connectivity index (χ4v) is 3.07. The molecular weight excluding hydrogens is 240 g/mol. The predicted octanol–water partition coefficient (Wildman–Crippen LogP) is 1.95. The summed E-state index contributed by atoms with van der Waals surface area (Å²) in [6, 6.07) is 3.78. The second kappa shape index (κ2) is 4.51. The Morgan fingerprint density at radius 2 is 2.38 bits per heavy atom. The molecule has 1 aromatic heterocycles. The highest BCUT2D eigenvalue weighted by Gasteiger charge is 2.31. The number of aryl methyl sites for hydroxylation is 1. The molecule has 2 heterocycles. The van der Waals surface area contributed by atoms with Gasteiger partial charge in [-0.25, -0.2) is 0 Å². The molecular formula is C11H14N2OS2. The highest BCUT2D eigenvalue weighted by molar-refractivity contribution is 7.80. The standard InChI is InChI=1S/C11H14N2OS2/c1-7-4-5-9(16-7)11(14)13-6-2-3-8(13)10(12)15/h4-5,8H,2-3,6H2,1H3,(H2,12,15). The third-order valence-corrected chi connectivity index (χ3v) is 4.05. The first-order valence-corrected chi connectivity index (χ1v) is 6.49. The lowest BCUT2D eigenvalue weighted by molar-refractivity contribution is 0.0775. The van der Waals surface area contributed by atoms with Crippen LogP contribution in [-0.2, 0) is 0 Å². The highest BCUT2D eigenvalue weighted by atomic mass is 32.1. The van der Waals surface area contributed by atoms with Crippen molar-refractivity contribution in [1.29, 1.82) is 0 Å². The quantitative estimate of drug-likeness (QED) is 0.821. The molecule has 0 radical (unpaired) electrons. The van der Waals surface area contributed by atoms with Gasteiger partial charge in [0, 0.05) is 11.4 Å². The second-order valence-corrected chi connectivity index (χ2v) is 5.73. The minimum absolute atomic E-state index is 0.0510. The number of carbonyl (C=O) groups excluding carboxylic acids is 1. The van der Waals surface area contributed by atoms with Gasteiger partial charge in [-0.15, -0.1) is 11.3 Å². The largest absolute Gasteiger partial charge is 0.392 e. The fourth-order valence-electron chi connectivity index (χ4n) is 2.00. The van der Waals surface area contributed by atoms with Crippen LogP contribution in [0.4, 0.5) is 0 Å². The van der Waals surface area contributed by atoms with Gasteiger partial charge < -0.3 is 10.6 Å². The molecule has 1 unspecified atom stereocenters. The van der Waals surface area contributed by atoms with Crippen LogP contribution in [0.2, 0.25) is 0 Å². The summed E-state index contributed by atoms with van der Waals surface area (Å²) >= 11 is 6.52. The predicted molar refractivity (Wildman–Crippen MR) is 69.9 cm³/mol. The maximum Gasteiger partial charge on any atom is 0.264 e. The monoisotopic (exact) mass is 254 g/mol. The molecule has 0 aliphatic carbocycles. The van der Waals surface area contributed by atoms with Crippen LogP contribution in [0.25, 0.3) is 0 Å². The summed E-state index contributed by atoms with van der Waals surface area (Å²) in [6.07, 6.45) is 1.88. The van der Waals surface area contributed by atoms with Gasteiger partial charge in [-0.05, 0) is 31.9 Å². The highest BCUT2D eigenvalue weighted by Crippen LogP contribution is 2.23. The van der Waals surface area contributed by atoms with Crippen molar-refractivity contribution in [2.45, 2.75) is 25.8 Å². The van der Waals surface area contributed by atoms with E-state index in [1.807, 2.05) is 19.1 Å². The van der Waals surface area contributed by atoms with Gasteiger partial charge in [-0.1, -0.05) is 12.2 Å². The SMILES string of the molecule is Cc1ccc(C(=O)N2CCCC2C(N)=S)s1. The summed E-state index contributed by atoms with van der Waals surface area (Å²) in [4.78, 5) is 16.4. The van der Waals surface area contributed by atoms with Gasteiger partial charge in [-0.2, -0.15) is 0 Å². The lowest BCUT2D eigenvalue weighted by Crippen LogP contribution is -2.42. The van der Waals surface area contributed by atoms with Crippen molar-refractivity contribution in [1.82, 2.24) is 4.90 Å². The van der Waals surface area contributed by atoms with Crippen LogP contribution >= 0.6 is 23.6 Å². The van der Waals surface area contributed by atoms with Crippen molar-refractivity contribution >= 4 is 34.5 Å². The molecule has 1 fully saturated rings. The van der Waals surface area contributed by atoms with Crippen molar-refractivity contribution in [2.24, 2.45) is 5.73 Å². The van der Waals surface area contributed by atoms with Gasteiger partial charge in [0.25, 0.3) is 5.91 Å². The zero-order valence-electron chi connectivity index (χ0n) is 9.10. The topological polar surface area (TPSA) is 46.3 Å². The molecule has 1 amide bonds. The molecule has 2 N–H and O–H groups in total. The zero-order chi connectivity index (χ0) is 11.7. The van der Waals surface area contributed by atoms with E-state index >= 15 is 0 Å².